The van der Waals surface area contributed by atoms with E-state index in [-0.39, 0.29) is 6.61 Å². The van der Waals surface area contributed by atoms with Crippen LogP contribution in [-0.2, 0) is 11.3 Å². The molecule has 31 heavy (non-hydrogen) atoms. The molecular formula is C23H27N5O2S. The van der Waals surface area contributed by atoms with E-state index in [1.54, 1.807) is 18.3 Å². The van der Waals surface area contributed by atoms with Crippen LogP contribution in [-0.4, -0.2) is 45.0 Å². The summed E-state index contributed by atoms with van der Waals surface area (Å²) in [5, 5.41) is 3.92. The number of nitrogens with zero attached hydrogens (tertiary/aromatic N) is 4. The third-order valence-corrected chi connectivity index (χ3v) is 6.29. The minimum Gasteiger partial charge on any atom is -0.462 e. The van der Waals surface area contributed by atoms with E-state index in [1.165, 1.54) is 30.3 Å². The zero-order valence-corrected chi connectivity index (χ0v) is 18.7. The lowest BCUT2D eigenvalue weighted by molar-refractivity contribution is 0.0526. The summed E-state index contributed by atoms with van der Waals surface area (Å²) in [7, 11) is 0. The summed E-state index contributed by atoms with van der Waals surface area (Å²) in [6.45, 7) is 6.37. The summed E-state index contributed by atoms with van der Waals surface area (Å²) >= 11 is 1.58. The van der Waals surface area contributed by atoms with Crippen molar-refractivity contribution < 1.29 is 9.53 Å². The van der Waals surface area contributed by atoms with Gasteiger partial charge in [-0.15, -0.1) is 11.3 Å². The van der Waals surface area contributed by atoms with E-state index in [9.17, 15) is 4.79 Å². The molecule has 7 nitrogen and oxygen atoms in total. The van der Waals surface area contributed by atoms with Crippen LogP contribution in [0, 0.1) is 0 Å². The van der Waals surface area contributed by atoms with Gasteiger partial charge in [-0.3, -0.25) is 4.90 Å². The number of nitrogens with one attached hydrogen (secondary N) is 1. The molecule has 162 valence electrons. The summed E-state index contributed by atoms with van der Waals surface area (Å²) in [5.74, 6) is 0.484. The van der Waals surface area contributed by atoms with Gasteiger partial charge in [0.05, 0.1) is 6.61 Å². The lowest BCUT2D eigenvalue weighted by atomic mass is 10.0. The van der Waals surface area contributed by atoms with Gasteiger partial charge in [0.15, 0.2) is 16.8 Å². The number of carbonyl (C=O) groups excluding carboxylic acids is 1. The third-order valence-electron chi connectivity index (χ3n) is 5.39. The average Bonchev–Trinajstić information content (AvgIpc) is 3.23. The van der Waals surface area contributed by atoms with E-state index in [0.29, 0.717) is 28.4 Å². The maximum Gasteiger partial charge on any atom is 0.343 e. The van der Waals surface area contributed by atoms with Crippen LogP contribution < -0.4 is 5.32 Å². The number of benzene rings is 1. The maximum atomic E-state index is 12.4. The van der Waals surface area contributed by atoms with Crippen LogP contribution in [0.3, 0.4) is 0 Å². The molecule has 1 aliphatic heterocycles. The summed E-state index contributed by atoms with van der Waals surface area (Å²) in [4.78, 5) is 29.6. The number of anilines is 2. The summed E-state index contributed by atoms with van der Waals surface area (Å²) in [5.41, 5.74) is 1.17. The van der Waals surface area contributed by atoms with E-state index >= 15 is 0 Å². The Balaban J connectivity index is 1.57. The molecule has 2 aromatic heterocycles. The Kier molecular flexibility index (Phi) is 6.89. The number of esters is 1. The fraction of sp³-hybridized carbons (Fsp3) is 0.391. The van der Waals surface area contributed by atoms with E-state index in [2.05, 4.69) is 32.1 Å². The highest BCUT2D eigenvalue weighted by atomic mass is 32.1. The molecule has 1 aliphatic rings. The Labute approximate surface area is 186 Å². The number of piperidine rings is 1. The summed E-state index contributed by atoms with van der Waals surface area (Å²) in [6, 6.07) is 10.3. The average molecular weight is 438 g/mol. The van der Waals surface area contributed by atoms with Gasteiger partial charge in [0, 0.05) is 35.4 Å². The molecule has 0 saturated carbocycles. The minimum atomic E-state index is -0.455. The molecule has 8 heteroatoms. The van der Waals surface area contributed by atoms with Crippen molar-refractivity contribution in [1.29, 1.82) is 0 Å². The Morgan fingerprint density at radius 2 is 2.06 bits per heavy atom. The van der Waals surface area contributed by atoms with Crippen LogP contribution in [0.5, 0.6) is 0 Å². The van der Waals surface area contributed by atoms with E-state index in [4.69, 9.17) is 4.74 Å². The van der Waals surface area contributed by atoms with E-state index in [0.717, 1.165) is 18.7 Å². The second kappa shape index (κ2) is 9.98. The lowest BCUT2D eigenvalue weighted by Gasteiger charge is -2.32. The molecule has 1 unspecified atom stereocenters. The Hall–Kier alpha value is -2.84. The maximum absolute atomic E-state index is 12.4. The van der Waals surface area contributed by atoms with Crippen molar-refractivity contribution >= 4 is 28.3 Å². The van der Waals surface area contributed by atoms with Crippen LogP contribution in [0.2, 0.25) is 0 Å². The molecule has 1 atom stereocenters. The van der Waals surface area contributed by atoms with Gasteiger partial charge in [0.1, 0.15) is 5.56 Å². The number of hydrogen-bond acceptors (Lipinski definition) is 8. The number of ether oxygens (including phenoxy) is 1. The molecule has 0 radical (unpaired) electrons. The smallest absolute Gasteiger partial charge is 0.343 e. The monoisotopic (exact) mass is 437 g/mol. The van der Waals surface area contributed by atoms with Crippen molar-refractivity contribution in [3.05, 3.63) is 53.2 Å². The largest absolute Gasteiger partial charge is 0.462 e. The number of hydrogen-bond donors (Lipinski definition) is 1. The number of thiazole rings is 1. The Morgan fingerprint density at radius 3 is 2.84 bits per heavy atom. The zero-order chi connectivity index (χ0) is 21.6. The molecule has 0 amide bonds. The molecule has 1 fully saturated rings. The van der Waals surface area contributed by atoms with E-state index in [1.807, 2.05) is 36.5 Å². The van der Waals surface area contributed by atoms with Crippen LogP contribution in [0.4, 0.5) is 10.9 Å². The van der Waals surface area contributed by atoms with Gasteiger partial charge in [-0.1, -0.05) is 36.8 Å². The van der Waals surface area contributed by atoms with Crippen molar-refractivity contribution in [3.63, 3.8) is 0 Å². The van der Waals surface area contributed by atoms with Crippen LogP contribution in [0.15, 0.2) is 42.7 Å². The predicted molar refractivity (Wildman–Crippen MR) is 123 cm³/mol. The highest BCUT2D eigenvalue weighted by Crippen LogP contribution is 2.28. The number of rotatable bonds is 7. The molecule has 4 rings (SSSR count). The number of likely N-dealkylation sites (tertiary alicyclic amines) is 1. The molecule has 1 saturated heterocycles. The second-order valence-corrected chi connectivity index (χ2v) is 8.73. The SMILES string of the molecule is CCOC(=O)c1cnc(-c2ccccc2)nc1Nc1ncc(CN2CCCCC2C)s1. The van der Waals surface area contributed by atoms with Crippen molar-refractivity contribution in [1.82, 2.24) is 19.9 Å². The van der Waals surface area contributed by atoms with Gasteiger partial charge in [0.2, 0.25) is 0 Å². The first kappa shape index (κ1) is 21.4. The normalized spacial score (nSPS) is 16.8. The third kappa shape index (κ3) is 5.26. The molecule has 1 N–H and O–H groups in total. The number of aromatic nitrogens is 3. The minimum absolute atomic E-state index is 0.286. The molecule has 3 heterocycles. The first-order valence-electron chi connectivity index (χ1n) is 10.7. The van der Waals surface area contributed by atoms with Crippen molar-refractivity contribution in [2.45, 2.75) is 45.7 Å². The van der Waals surface area contributed by atoms with Gasteiger partial charge >= 0.3 is 5.97 Å². The topological polar surface area (TPSA) is 80.2 Å². The van der Waals surface area contributed by atoms with Crippen molar-refractivity contribution in [2.75, 3.05) is 18.5 Å². The predicted octanol–water partition coefficient (Wildman–Crippen LogP) is 4.89. The van der Waals surface area contributed by atoms with Crippen LogP contribution >= 0.6 is 11.3 Å². The van der Waals surface area contributed by atoms with Crippen LogP contribution in [0.1, 0.15) is 48.3 Å². The lowest BCUT2D eigenvalue weighted by Crippen LogP contribution is -2.36. The van der Waals surface area contributed by atoms with Gasteiger partial charge < -0.3 is 10.1 Å². The Bertz CT molecular complexity index is 1020. The quantitative estimate of drug-likeness (QED) is 0.527. The fourth-order valence-electron chi connectivity index (χ4n) is 3.69. The molecule has 0 bridgehead atoms. The van der Waals surface area contributed by atoms with Crippen LogP contribution in [0.25, 0.3) is 11.4 Å². The first-order chi connectivity index (χ1) is 15.1. The molecule has 3 aromatic rings. The molecule has 0 spiro atoms. The molecular weight excluding hydrogens is 410 g/mol. The Morgan fingerprint density at radius 1 is 1.23 bits per heavy atom. The highest BCUT2D eigenvalue weighted by Gasteiger charge is 2.20. The molecule has 0 aliphatic carbocycles. The second-order valence-electron chi connectivity index (χ2n) is 7.61. The van der Waals surface area contributed by atoms with Gasteiger partial charge in [-0.2, -0.15) is 0 Å². The highest BCUT2D eigenvalue weighted by molar-refractivity contribution is 7.15. The van der Waals surface area contributed by atoms with Crippen molar-refractivity contribution in [2.24, 2.45) is 0 Å². The standard InChI is InChI=1S/C23H27N5O2S/c1-3-30-22(29)19-14-24-20(17-10-5-4-6-11-17)26-21(19)27-23-25-13-18(31-23)15-28-12-8-7-9-16(28)2/h4-6,10-11,13-14,16H,3,7-9,12,15H2,1-2H3,(H,24,25,26,27). The van der Waals surface area contributed by atoms with Gasteiger partial charge in [-0.05, 0) is 33.2 Å². The summed E-state index contributed by atoms with van der Waals surface area (Å²) < 4.78 is 5.19. The van der Waals surface area contributed by atoms with E-state index < -0.39 is 5.97 Å². The summed E-state index contributed by atoms with van der Waals surface area (Å²) in [6.07, 6.45) is 7.22. The number of carbonyl (C=O) groups is 1. The first-order valence-corrected chi connectivity index (χ1v) is 11.5. The van der Waals surface area contributed by atoms with Crippen molar-refractivity contribution in [3.8, 4) is 11.4 Å². The zero-order valence-electron chi connectivity index (χ0n) is 17.9. The van der Waals surface area contributed by atoms with Gasteiger partial charge in [0.25, 0.3) is 0 Å². The molecule has 1 aromatic carbocycles. The fourth-order valence-corrected chi connectivity index (χ4v) is 4.53. The van der Waals surface area contributed by atoms with Gasteiger partial charge in [-0.25, -0.2) is 19.7 Å².